The van der Waals surface area contributed by atoms with Crippen LogP contribution < -0.4 is 0 Å². The van der Waals surface area contributed by atoms with Gasteiger partial charge < -0.3 is 119 Å². The SMILES string of the molecule is C[C@@H]1O[C@@H](OC(=O)[C@@]23CC[C@]4(C)C(=CC[C@@H]5[C@@]6(C)CC[C@H](O[C@@H]7O[C@H](CO)[C@H](O)[C@H](O)[C@H]7O[C@@H]7OC[C@@H](O[C@@H]8OC[C@H](O)[C@H](O)[C@H]8O[C@@H]8OC[C@@H](O)[C@H](O)[C@H]8O)[C@H](O)[C@H]7O)C(C)(C)[C@@H]6CC[C@]54C)[C@@H]2CC(C)(C)[C@@H](O)C3)[C@H](O)[C@H](O)[C@H]1O. The fraction of sp³-hybridized carbons (Fsp3) is 0.947. The molecule has 25 nitrogen and oxygen atoms in total. The van der Waals surface area contributed by atoms with Crippen LogP contribution in [-0.4, -0.2) is 251 Å². The molecule has 5 saturated heterocycles. The number of aliphatic hydroxyl groups excluding tert-OH is 14. The molecule has 0 aromatic carbocycles. The Labute approximate surface area is 477 Å². The fourth-order valence-electron chi connectivity index (χ4n) is 17.0. The van der Waals surface area contributed by atoms with Crippen LogP contribution in [0.25, 0.3) is 0 Å². The Balaban J connectivity index is 0.838. The van der Waals surface area contributed by atoms with Gasteiger partial charge in [-0.2, -0.15) is 0 Å². The van der Waals surface area contributed by atoms with E-state index in [9.17, 15) is 76.3 Å². The highest BCUT2D eigenvalue weighted by atomic mass is 16.8. The van der Waals surface area contributed by atoms with Crippen molar-refractivity contribution in [3.05, 3.63) is 11.6 Å². The number of hydrogen-bond acceptors (Lipinski definition) is 25. The van der Waals surface area contributed by atoms with Crippen LogP contribution in [0.1, 0.15) is 113 Å². The molecular weight excluding hydrogens is 1080 g/mol. The zero-order valence-electron chi connectivity index (χ0n) is 48.1. The van der Waals surface area contributed by atoms with Gasteiger partial charge in [-0.25, -0.2) is 0 Å². The van der Waals surface area contributed by atoms with E-state index in [1.54, 1.807) is 0 Å². The van der Waals surface area contributed by atoms with Gasteiger partial charge in [0.05, 0.1) is 50.2 Å². The van der Waals surface area contributed by atoms with Crippen molar-refractivity contribution >= 4 is 5.97 Å². The molecular formula is C57H92O25. The minimum atomic E-state index is -1.89. The molecule has 0 amide bonds. The van der Waals surface area contributed by atoms with Gasteiger partial charge >= 0.3 is 5.97 Å². The Morgan fingerprint density at radius 3 is 1.85 bits per heavy atom. The van der Waals surface area contributed by atoms with Crippen molar-refractivity contribution in [2.45, 2.75) is 261 Å². The summed E-state index contributed by atoms with van der Waals surface area (Å²) < 4.78 is 59.5. The first-order valence-corrected chi connectivity index (χ1v) is 29.5. The molecule has 5 aliphatic carbocycles. The zero-order chi connectivity index (χ0) is 59.7. The van der Waals surface area contributed by atoms with Gasteiger partial charge in [0, 0.05) is 0 Å². The van der Waals surface area contributed by atoms with Gasteiger partial charge in [-0.15, -0.1) is 0 Å². The van der Waals surface area contributed by atoms with Crippen LogP contribution in [0, 0.1) is 50.2 Å². The van der Waals surface area contributed by atoms with Crippen molar-refractivity contribution in [3.8, 4) is 0 Å². The van der Waals surface area contributed by atoms with E-state index in [0.29, 0.717) is 25.7 Å². The van der Waals surface area contributed by atoms with E-state index in [1.165, 1.54) is 12.5 Å². The second-order valence-electron chi connectivity index (χ2n) is 27.8. The Bertz CT molecular complexity index is 2290. The minimum absolute atomic E-state index is 0.0833. The highest BCUT2D eigenvalue weighted by molar-refractivity contribution is 5.79. The topological polar surface area (TPSA) is 393 Å². The van der Waals surface area contributed by atoms with E-state index < -0.39 is 196 Å². The monoisotopic (exact) mass is 1180 g/mol. The first-order valence-electron chi connectivity index (χ1n) is 29.5. The van der Waals surface area contributed by atoms with Crippen LogP contribution in [0.3, 0.4) is 0 Å². The van der Waals surface area contributed by atoms with Gasteiger partial charge in [-0.05, 0) is 110 Å². The summed E-state index contributed by atoms with van der Waals surface area (Å²) in [6, 6.07) is 0. The van der Waals surface area contributed by atoms with Crippen LogP contribution in [-0.2, 0) is 52.2 Å². The lowest BCUT2D eigenvalue weighted by molar-refractivity contribution is -0.382. The molecule has 9 fully saturated rings. The lowest BCUT2D eigenvalue weighted by Gasteiger charge is -2.71. The highest BCUT2D eigenvalue weighted by Crippen LogP contribution is 2.76. The number of aliphatic hydroxyl groups is 14. The standard InChI is InChI=1S/C57H92O25/c1-23-34(62)39(67)43(71)48(76-23)82-51(72)57-16-15-55(7)24(25(57)17-52(2,3)32(61)18-57)9-10-31-54(6)13-12-33(53(4,5)30(54)11-14-56(31,55)8)79-50-45(40(68)37(65)28(19-58)77-50)81-47-42(70)38(66)29(22-75-47)78-49-44(36(64)27(60)21-74-49)80-46-41(69)35(63)26(59)20-73-46/h9,23,25-50,58-71H,10-22H2,1-8H3/t23-,25-,26+,27-,28+,29+,30-,31+,32-,33-,34-,35-,36-,37-,38-,39+,40-,41+,42+,43+,44+,45+,46-,47-,48-,49-,50-,54-,55+,56+,57+/m0/s1. The number of hydrogen-bond donors (Lipinski definition) is 14. The molecule has 0 bridgehead atoms. The summed E-state index contributed by atoms with van der Waals surface area (Å²) in [7, 11) is 0. The molecule has 82 heavy (non-hydrogen) atoms. The normalized spacial score (nSPS) is 54.8. The molecule has 0 unspecified atom stereocenters. The van der Waals surface area contributed by atoms with Gasteiger partial charge in [0.25, 0.3) is 0 Å². The molecule has 0 aromatic rings. The van der Waals surface area contributed by atoms with Crippen LogP contribution >= 0.6 is 0 Å². The quantitative estimate of drug-likeness (QED) is 0.0588. The Hall–Kier alpha value is -1.71. The van der Waals surface area contributed by atoms with Gasteiger partial charge in [0.15, 0.2) is 25.2 Å². The largest absolute Gasteiger partial charge is 0.432 e. The number of allylic oxidation sites excluding steroid dienone is 2. The third-order valence-corrected chi connectivity index (χ3v) is 22.5. The molecule has 5 aliphatic heterocycles. The second-order valence-corrected chi connectivity index (χ2v) is 27.8. The van der Waals surface area contributed by atoms with Crippen LogP contribution in [0.2, 0.25) is 0 Å². The third-order valence-electron chi connectivity index (χ3n) is 22.5. The van der Waals surface area contributed by atoms with Gasteiger partial charge in [0.2, 0.25) is 6.29 Å². The number of carbonyl (C=O) groups excluding carboxylic acids is 1. The van der Waals surface area contributed by atoms with Crippen molar-refractivity contribution in [2.75, 3.05) is 26.4 Å². The number of ether oxygens (including phenoxy) is 10. The van der Waals surface area contributed by atoms with E-state index in [4.69, 9.17) is 47.4 Å². The molecule has 10 aliphatic rings. The maximum atomic E-state index is 14.8. The van der Waals surface area contributed by atoms with Crippen molar-refractivity contribution in [2.24, 2.45) is 50.2 Å². The third kappa shape index (κ3) is 10.4. The Morgan fingerprint density at radius 1 is 0.573 bits per heavy atom. The molecule has 0 aromatic heterocycles. The van der Waals surface area contributed by atoms with Crippen LogP contribution in [0.15, 0.2) is 11.6 Å². The molecule has 5 heterocycles. The molecule has 0 spiro atoms. The smallest absolute Gasteiger partial charge is 0.315 e. The number of rotatable bonds is 11. The first-order chi connectivity index (χ1) is 38.4. The predicted molar refractivity (Wildman–Crippen MR) is 277 cm³/mol. The van der Waals surface area contributed by atoms with E-state index in [-0.39, 0.29) is 40.4 Å². The highest BCUT2D eigenvalue weighted by Gasteiger charge is 2.71. The van der Waals surface area contributed by atoms with E-state index in [1.807, 2.05) is 13.8 Å². The van der Waals surface area contributed by atoms with Gasteiger partial charge in [-0.3, -0.25) is 4.79 Å². The summed E-state index contributed by atoms with van der Waals surface area (Å²) in [5, 5.41) is 152. The molecule has 470 valence electrons. The Kier molecular flexibility index (Phi) is 17.8. The number of fused-ring (bicyclic) bond motifs is 7. The predicted octanol–water partition coefficient (Wildman–Crippen LogP) is -2.30. The van der Waals surface area contributed by atoms with E-state index >= 15 is 0 Å². The lowest BCUT2D eigenvalue weighted by Crippen LogP contribution is -2.67. The maximum Gasteiger partial charge on any atom is 0.315 e. The molecule has 25 heteroatoms. The maximum absolute atomic E-state index is 14.8. The summed E-state index contributed by atoms with van der Waals surface area (Å²) >= 11 is 0. The van der Waals surface area contributed by atoms with E-state index in [2.05, 4.69) is 40.7 Å². The molecule has 4 saturated carbocycles. The fourth-order valence-corrected chi connectivity index (χ4v) is 17.0. The summed E-state index contributed by atoms with van der Waals surface area (Å²) in [5.41, 5.74) is -1.92. The zero-order valence-corrected chi connectivity index (χ0v) is 48.1. The average Bonchev–Trinajstić information content (AvgIpc) is 3.62. The van der Waals surface area contributed by atoms with Crippen molar-refractivity contribution in [1.82, 2.24) is 0 Å². The summed E-state index contributed by atoms with van der Waals surface area (Å²) in [5.74, 6) is -0.646. The summed E-state index contributed by atoms with van der Waals surface area (Å²) in [6.45, 7) is 14.9. The first kappa shape index (κ1) is 63.3. The Morgan fingerprint density at radius 2 is 1.18 bits per heavy atom. The minimum Gasteiger partial charge on any atom is -0.432 e. The second kappa shape index (κ2) is 23.0. The van der Waals surface area contributed by atoms with Crippen LogP contribution in [0.5, 0.6) is 0 Å². The number of carbonyl (C=O) groups is 1. The van der Waals surface area contributed by atoms with Gasteiger partial charge in [0.1, 0.15) is 97.7 Å². The van der Waals surface area contributed by atoms with Crippen LogP contribution in [0.4, 0.5) is 0 Å². The lowest BCUT2D eigenvalue weighted by atomic mass is 9.33. The molecule has 14 N–H and O–H groups in total. The van der Waals surface area contributed by atoms with Crippen molar-refractivity contribution in [1.29, 1.82) is 0 Å². The average molecular weight is 1180 g/mol. The number of esters is 1. The van der Waals surface area contributed by atoms with Crippen molar-refractivity contribution < 1.29 is 124 Å². The molecule has 31 atom stereocenters. The van der Waals surface area contributed by atoms with Crippen molar-refractivity contribution in [3.63, 3.8) is 0 Å². The summed E-state index contributed by atoms with van der Waals surface area (Å²) in [6.07, 6.45) is -28.0. The summed E-state index contributed by atoms with van der Waals surface area (Å²) in [4.78, 5) is 14.8. The van der Waals surface area contributed by atoms with Gasteiger partial charge in [-0.1, -0.05) is 60.1 Å². The molecule has 0 radical (unpaired) electrons. The molecule has 10 rings (SSSR count). The van der Waals surface area contributed by atoms with E-state index in [0.717, 1.165) is 25.7 Å².